The molecule has 0 unspecified atom stereocenters. The first-order chi connectivity index (χ1) is 9.36. The summed E-state index contributed by atoms with van der Waals surface area (Å²) in [5.41, 5.74) is 4.13. The molecule has 0 bridgehead atoms. The molecule has 104 valence electrons. The Bertz CT molecular complexity index is 427. The van der Waals surface area contributed by atoms with Crippen molar-refractivity contribution in [3.63, 3.8) is 0 Å². The first-order valence-electron chi connectivity index (χ1n) is 7.42. The van der Waals surface area contributed by atoms with E-state index in [1.807, 2.05) is 0 Å². The van der Waals surface area contributed by atoms with Gasteiger partial charge in [-0.15, -0.1) is 0 Å². The molecule has 0 aliphatic carbocycles. The Hall–Kier alpha value is -1.06. The lowest BCUT2D eigenvalue weighted by Crippen LogP contribution is -2.31. The van der Waals surface area contributed by atoms with Crippen LogP contribution in [-0.4, -0.2) is 38.0 Å². The lowest BCUT2D eigenvalue weighted by molar-refractivity contribution is 0.0683. The van der Waals surface area contributed by atoms with Crippen LogP contribution in [0.25, 0.3) is 0 Å². The molecule has 2 aliphatic rings. The van der Waals surface area contributed by atoms with Gasteiger partial charge >= 0.3 is 0 Å². The van der Waals surface area contributed by atoms with Gasteiger partial charge < -0.3 is 14.7 Å². The molecule has 0 aromatic heterocycles. The summed E-state index contributed by atoms with van der Waals surface area (Å²) in [6, 6.07) is 6.68. The zero-order valence-corrected chi connectivity index (χ0v) is 11.5. The van der Waals surface area contributed by atoms with Crippen molar-refractivity contribution in [3.8, 4) is 0 Å². The highest BCUT2D eigenvalue weighted by Crippen LogP contribution is 2.31. The quantitative estimate of drug-likeness (QED) is 0.900. The Morgan fingerprint density at radius 3 is 2.89 bits per heavy atom. The molecule has 3 heteroatoms. The monoisotopic (exact) mass is 261 g/mol. The molecular formula is C16H23NO2. The molecule has 0 spiro atoms. The Kier molecular flexibility index (Phi) is 4.04. The second-order valence-corrected chi connectivity index (χ2v) is 5.69. The summed E-state index contributed by atoms with van der Waals surface area (Å²) in [6.45, 7) is 4.43. The molecule has 0 radical (unpaired) electrons. The number of hydrogen-bond donors (Lipinski definition) is 1. The standard InChI is InChI=1S/C16H23NO2/c18-8-4-13-1-2-16-15(11-13)3-7-17(16)12-14-5-9-19-10-6-14/h1-2,11,14,18H,3-10,12H2. The zero-order chi connectivity index (χ0) is 13.1. The molecule has 3 nitrogen and oxygen atoms in total. The molecule has 1 fully saturated rings. The fraction of sp³-hybridized carbons (Fsp3) is 0.625. The molecule has 2 aliphatic heterocycles. The van der Waals surface area contributed by atoms with Gasteiger partial charge in [-0.05, 0) is 48.8 Å². The lowest BCUT2D eigenvalue weighted by atomic mass is 9.99. The van der Waals surface area contributed by atoms with E-state index >= 15 is 0 Å². The highest BCUT2D eigenvalue weighted by Gasteiger charge is 2.23. The van der Waals surface area contributed by atoms with Crippen molar-refractivity contribution in [3.05, 3.63) is 29.3 Å². The minimum absolute atomic E-state index is 0.241. The molecule has 0 saturated carbocycles. The van der Waals surface area contributed by atoms with Gasteiger partial charge in [0.25, 0.3) is 0 Å². The van der Waals surface area contributed by atoms with Crippen LogP contribution in [0.4, 0.5) is 5.69 Å². The minimum atomic E-state index is 0.241. The maximum absolute atomic E-state index is 9.01. The van der Waals surface area contributed by atoms with E-state index in [2.05, 4.69) is 23.1 Å². The van der Waals surface area contributed by atoms with Gasteiger partial charge in [0.05, 0.1) is 0 Å². The van der Waals surface area contributed by atoms with Gasteiger partial charge in [0.2, 0.25) is 0 Å². The van der Waals surface area contributed by atoms with Gasteiger partial charge in [0.15, 0.2) is 0 Å². The van der Waals surface area contributed by atoms with Crippen molar-refractivity contribution in [2.45, 2.75) is 25.7 Å². The van der Waals surface area contributed by atoms with E-state index in [9.17, 15) is 0 Å². The summed E-state index contributed by atoms with van der Waals surface area (Å²) < 4.78 is 5.43. The Morgan fingerprint density at radius 2 is 2.11 bits per heavy atom. The van der Waals surface area contributed by atoms with Gasteiger partial charge in [0, 0.05) is 38.6 Å². The van der Waals surface area contributed by atoms with E-state index in [0.717, 1.165) is 38.5 Å². The number of anilines is 1. The number of fused-ring (bicyclic) bond motifs is 1. The molecule has 1 aromatic carbocycles. The number of nitrogens with zero attached hydrogens (tertiary/aromatic N) is 1. The van der Waals surface area contributed by atoms with Crippen molar-refractivity contribution in [2.75, 3.05) is 37.8 Å². The fourth-order valence-electron chi connectivity index (χ4n) is 3.24. The van der Waals surface area contributed by atoms with Crippen LogP contribution in [0, 0.1) is 5.92 Å². The van der Waals surface area contributed by atoms with Crippen LogP contribution in [0.5, 0.6) is 0 Å². The van der Waals surface area contributed by atoms with Crippen molar-refractivity contribution in [2.24, 2.45) is 5.92 Å². The smallest absolute Gasteiger partial charge is 0.0471 e. The van der Waals surface area contributed by atoms with E-state index in [0.29, 0.717) is 0 Å². The predicted molar refractivity (Wildman–Crippen MR) is 76.7 cm³/mol. The zero-order valence-electron chi connectivity index (χ0n) is 11.5. The number of benzene rings is 1. The van der Waals surface area contributed by atoms with Crippen molar-refractivity contribution >= 4 is 5.69 Å². The molecule has 1 N–H and O–H groups in total. The van der Waals surface area contributed by atoms with Crippen LogP contribution < -0.4 is 4.90 Å². The third-order valence-corrected chi connectivity index (χ3v) is 4.36. The molecule has 19 heavy (non-hydrogen) atoms. The number of rotatable bonds is 4. The SMILES string of the molecule is OCCc1ccc2c(c1)CCN2CC1CCOCC1. The third kappa shape index (κ3) is 2.93. The lowest BCUT2D eigenvalue weighted by Gasteiger charge is -2.28. The van der Waals surface area contributed by atoms with Crippen LogP contribution in [0.2, 0.25) is 0 Å². The Balaban J connectivity index is 1.67. The molecule has 0 amide bonds. The van der Waals surface area contributed by atoms with Gasteiger partial charge in [-0.2, -0.15) is 0 Å². The second kappa shape index (κ2) is 5.93. The summed E-state index contributed by atoms with van der Waals surface area (Å²) in [4.78, 5) is 2.54. The summed E-state index contributed by atoms with van der Waals surface area (Å²) in [5, 5.41) is 9.01. The fourth-order valence-corrected chi connectivity index (χ4v) is 3.24. The highest BCUT2D eigenvalue weighted by molar-refractivity contribution is 5.59. The Labute approximate surface area is 115 Å². The number of hydrogen-bond acceptors (Lipinski definition) is 3. The molecule has 3 rings (SSSR count). The average molecular weight is 261 g/mol. The van der Waals surface area contributed by atoms with Crippen LogP contribution in [0.15, 0.2) is 18.2 Å². The van der Waals surface area contributed by atoms with Gasteiger partial charge in [-0.3, -0.25) is 0 Å². The number of ether oxygens (including phenoxy) is 1. The first-order valence-corrected chi connectivity index (χ1v) is 7.42. The molecular weight excluding hydrogens is 238 g/mol. The topological polar surface area (TPSA) is 32.7 Å². The van der Waals surface area contributed by atoms with E-state index < -0.39 is 0 Å². The van der Waals surface area contributed by atoms with Crippen LogP contribution >= 0.6 is 0 Å². The summed E-state index contributed by atoms with van der Waals surface area (Å²) in [6.07, 6.45) is 4.33. The van der Waals surface area contributed by atoms with Crippen molar-refractivity contribution in [1.82, 2.24) is 0 Å². The van der Waals surface area contributed by atoms with E-state index in [4.69, 9.17) is 9.84 Å². The van der Waals surface area contributed by atoms with Crippen LogP contribution in [0.1, 0.15) is 24.0 Å². The predicted octanol–water partition coefficient (Wildman–Crippen LogP) is 2.01. The highest BCUT2D eigenvalue weighted by atomic mass is 16.5. The van der Waals surface area contributed by atoms with Crippen LogP contribution in [0.3, 0.4) is 0 Å². The number of aliphatic hydroxyl groups excluding tert-OH is 1. The number of aliphatic hydroxyl groups is 1. The van der Waals surface area contributed by atoms with Gasteiger partial charge in [-0.25, -0.2) is 0 Å². The van der Waals surface area contributed by atoms with Crippen LogP contribution in [-0.2, 0) is 17.6 Å². The maximum atomic E-state index is 9.01. The van der Waals surface area contributed by atoms with Crippen molar-refractivity contribution < 1.29 is 9.84 Å². The van der Waals surface area contributed by atoms with E-state index in [1.165, 1.54) is 36.2 Å². The second-order valence-electron chi connectivity index (χ2n) is 5.69. The van der Waals surface area contributed by atoms with Crippen molar-refractivity contribution in [1.29, 1.82) is 0 Å². The average Bonchev–Trinajstić information content (AvgIpc) is 2.83. The maximum Gasteiger partial charge on any atom is 0.0471 e. The first kappa shape index (κ1) is 12.9. The summed E-state index contributed by atoms with van der Waals surface area (Å²) >= 11 is 0. The molecule has 1 aromatic rings. The summed E-state index contributed by atoms with van der Waals surface area (Å²) in [7, 11) is 0. The molecule has 1 saturated heterocycles. The molecule has 0 atom stereocenters. The Morgan fingerprint density at radius 1 is 1.26 bits per heavy atom. The van der Waals surface area contributed by atoms with E-state index in [-0.39, 0.29) is 6.61 Å². The third-order valence-electron chi connectivity index (χ3n) is 4.36. The minimum Gasteiger partial charge on any atom is -0.396 e. The van der Waals surface area contributed by atoms with Gasteiger partial charge in [0.1, 0.15) is 0 Å². The van der Waals surface area contributed by atoms with E-state index in [1.54, 1.807) is 0 Å². The summed E-state index contributed by atoms with van der Waals surface area (Å²) in [5.74, 6) is 0.789. The molecule has 2 heterocycles. The largest absolute Gasteiger partial charge is 0.396 e. The van der Waals surface area contributed by atoms with Gasteiger partial charge in [-0.1, -0.05) is 12.1 Å². The normalized spacial score (nSPS) is 19.7.